The van der Waals surface area contributed by atoms with Crippen LogP contribution < -0.4 is 5.32 Å². The smallest absolute Gasteiger partial charge is 0.214 e. The summed E-state index contributed by atoms with van der Waals surface area (Å²) in [7, 11) is -3.17. The third kappa shape index (κ3) is 5.48. The highest BCUT2D eigenvalue weighted by Crippen LogP contribution is 2.18. The molecule has 0 spiro atoms. The van der Waals surface area contributed by atoms with Crippen molar-refractivity contribution in [3.05, 3.63) is 25.3 Å². The van der Waals surface area contributed by atoms with E-state index in [9.17, 15) is 8.42 Å². The maximum Gasteiger partial charge on any atom is 0.214 e. The van der Waals surface area contributed by atoms with Crippen molar-refractivity contribution in [3.63, 3.8) is 0 Å². The molecular weight excluding hydrogens is 236 g/mol. The van der Waals surface area contributed by atoms with Gasteiger partial charge in [-0.3, -0.25) is 0 Å². The Morgan fingerprint density at radius 3 is 2.29 bits per heavy atom. The number of sulfonamides is 1. The zero-order valence-corrected chi connectivity index (χ0v) is 11.1. The van der Waals surface area contributed by atoms with Crippen molar-refractivity contribution in [2.24, 2.45) is 0 Å². The number of hydrogen-bond acceptors (Lipinski definition) is 3. The second-order valence-corrected chi connectivity index (χ2v) is 6.38. The van der Waals surface area contributed by atoms with Gasteiger partial charge in [0.05, 0.1) is 5.75 Å². The van der Waals surface area contributed by atoms with E-state index in [0.717, 1.165) is 6.54 Å². The molecule has 0 bridgehead atoms. The minimum Gasteiger partial charge on any atom is -0.314 e. The predicted octanol–water partition coefficient (Wildman–Crippen LogP) is 1.13. The van der Waals surface area contributed by atoms with Crippen LogP contribution in [-0.2, 0) is 10.0 Å². The molecule has 1 saturated carbocycles. The first-order valence-corrected chi connectivity index (χ1v) is 7.64. The molecule has 0 amide bonds. The monoisotopic (exact) mass is 258 g/mol. The van der Waals surface area contributed by atoms with Crippen LogP contribution in [0.1, 0.15) is 19.3 Å². The molecule has 0 atom stereocenters. The Kier molecular flexibility index (Phi) is 5.88. The zero-order chi connectivity index (χ0) is 12.7. The first-order valence-electron chi connectivity index (χ1n) is 6.03. The van der Waals surface area contributed by atoms with Gasteiger partial charge >= 0.3 is 0 Å². The Labute approximate surface area is 104 Å². The van der Waals surface area contributed by atoms with Crippen LogP contribution in [0, 0.1) is 0 Å². The van der Waals surface area contributed by atoms with Crippen molar-refractivity contribution in [2.45, 2.75) is 25.3 Å². The van der Waals surface area contributed by atoms with E-state index in [1.54, 1.807) is 12.2 Å². The van der Waals surface area contributed by atoms with Gasteiger partial charge < -0.3 is 5.32 Å². The average molecular weight is 258 g/mol. The highest BCUT2D eigenvalue weighted by atomic mass is 32.2. The molecule has 0 aromatic carbocycles. The quantitative estimate of drug-likeness (QED) is 0.472. The van der Waals surface area contributed by atoms with Gasteiger partial charge in [0.1, 0.15) is 0 Å². The van der Waals surface area contributed by atoms with Crippen molar-refractivity contribution in [2.75, 3.05) is 25.4 Å². The van der Waals surface area contributed by atoms with Crippen LogP contribution in [-0.4, -0.2) is 44.2 Å². The molecule has 0 aromatic rings. The molecule has 4 nitrogen and oxygen atoms in total. The van der Waals surface area contributed by atoms with Crippen LogP contribution in [0.2, 0.25) is 0 Å². The van der Waals surface area contributed by atoms with Gasteiger partial charge in [0.25, 0.3) is 0 Å². The third-order valence-electron chi connectivity index (χ3n) is 2.65. The first kappa shape index (κ1) is 14.4. The largest absolute Gasteiger partial charge is 0.314 e. The van der Waals surface area contributed by atoms with Gasteiger partial charge in [-0.05, 0) is 25.8 Å². The number of nitrogens with one attached hydrogen (secondary N) is 1. The molecule has 1 aliphatic rings. The van der Waals surface area contributed by atoms with Gasteiger partial charge in [0, 0.05) is 19.1 Å². The molecule has 1 rings (SSSR count). The molecule has 0 radical (unpaired) electrons. The lowest BCUT2D eigenvalue weighted by Gasteiger charge is -2.18. The van der Waals surface area contributed by atoms with Crippen molar-refractivity contribution in [1.82, 2.24) is 9.62 Å². The molecule has 1 N–H and O–H groups in total. The van der Waals surface area contributed by atoms with Crippen molar-refractivity contribution >= 4 is 10.0 Å². The second-order valence-electron chi connectivity index (χ2n) is 4.29. The van der Waals surface area contributed by atoms with Gasteiger partial charge in [0.15, 0.2) is 0 Å². The van der Waals surface area contributed by atoms with Crippen LogP contribution in [0.25, 0.3) is 0 Å². The molecule has 0 unspecified atom stereocenters. The van der Waals surface area contributed by atoms with E-state index in [1.165, 1.54) is 17.1 Å². The van der Waals surface area contributed by atoms with Crippen LogP contribution in [0.4, 0.5) is 0 Å². The van der Waals surface area contributed by atoms with E-state index in [-0.39, 0.29) is 5.75 Å². The fourth-order valence-corrected chi connectivity index (χ4v) is 3.00. The first-order chi connectivity index (χ1) is 8.10. The summed E-state index contributed by atoms with van der Waals surface area (Å²) in [6.45, 7) is 8.62. The van der Waals surface area contributed by atoms with Crippen LogP contribution >= 0.6 is 0 Å². The SMILES string of the molecule is C=CCN(CC=C)S(=O)(=O)CCCNC1CC1. The molecule has 0 aliphatic heterocycles. The lowest BCUT2D eigenvalue weighted by Crippen LogP contribution is -2.34. The van der Waals surface area contributed by atoms with E-state index >= 15 is 0 Å². The van der Waals surface area contributed by atoms with E-state index in [2.05, 4.69) is 18.5 Å². The topological polar surface area (TPSA) is 49.4 Å². The zero-order valence-electron chi connectivity index (χ0n) is 10.3. The summed E-state index contributed by atoms with van der Waals surface area (Å²) in [4.78, 5) is 0. The Morgan fingerprint density at radius 1 is 1.24 bits per heavy atom. The highest BCUT2D eigenvalue weighted by Gasteiger charge is 2.22. The lowest BCUT2D eigenvalue weighted by molar-refractivity contribution is 0.471. The number of nitrogens with zero attached hydrogens (tertiary/aromatic N) is 1. The highest BCUT2D eigenvalue weighted by molar-refractivity contribution is 7.89. The number of rotatable bonds is 10. The summed E-state index contributed by atoms with van der Waals surface area (Å²) < 4.78 is 25.4. The third-order valence-corrected chi connectivity index (χ3v) is 4.54. The lowest BCUT2D eigenvalue weighted by atomic mass is 10.5. The minimum atomic E-state index is -3.17. The van der Waals surface area contributed by atoms with E-state index in [0.29, 0.717) is 25.6 Å². The molecule has 98 valence electrons. The Hall–Kier alpha value is -0.650. The van der Waals surface area contributed by atoms with Gasteiger partial charge in [-0.1, -0.05) is 12.2 Å². The van der Waals surface area contributed by atoms with Gasteiger partial charge in [0.2, 0.25) is 10.0 Å². The van der Waals surface area contributed by atoms with Crippen LogP contribution in [0.15, 0.2) is 25.3 Å². The fraction of sp³-hybridized carbons (Fsp3) is 0.667. The van der Waals surface area contributed by atoms with Gasteiger partial charge in [-0.15, -0.1) is 13.2 Å². The van der Waals surface area contributed by atoms with Crippen molar-refractivity contribution < 1.29 is 8.42 Å². The van der Waals surface area contributed by atoms with Crippen molar-refractivity contribution in [1.29, 1.82) is 0 Å². The number of hydrogen-bond donors (Lipinski definition) is 1. The Balaban J connectivity index is 2.33. The molecule has 5 heteroatoms. The Bertz CT molecular complexity index is 338. The minimum absolute atomic E-state index is 0.189. The Morgan fingerprint density at radius 2 is 1.82 bits per heavy atom. The summed E-state index contributed by atoms with van der Waals surface area (Å²) in [6, 6.07) is 0.634. The maximum absolute atomic E-state index is 12.0. The summed E-state index contributed by atoms with van der Waals surface area (Å²) in [5.41, 5.74) is 0. The fourth-order valence-electron chi connectivity index (χ4n) is 1.57. The molecule has 17 heavy (non-hydrogen) atoms. The molecule has 1 fully saturated rings. The summed E-state index contributed by atoms with van der Waals surface area (Å²) in [6.07, 6.45) is 6.31. The van der Waals surface area contributed by atoms with E-state index < -0.39 is 10.0 Å². The predicted molar refractivity (Wildman–Crippen MR) is 71.4 cm³/mol. The van der Waals surface area contributed by atoms with Gasteiger partial charge in [-0.25, -0.2) is 8.42 Å². The molecule has 0 aromatic heterocycles. The average Bonchev–Trinajstić information content (AvgIpc) is 3.08. The molecule has 1 aliphatic carbocycles. The van der Waals surface area contributed by atoms with Crippen molar-refractivity contribution in [3.8, 4) is 0 Å². The van der Waals surface area contributed by atoms with Gasteiger partial charge in [-0.2, -0.15) is 4.31 Å². The molecule has 0 heterocycles. The summed E-state index contributed by atoms with van der Waals surface area (Å²) >= 11 is 0. The normalized spacial score (nSPS) is 16.1. The van der Waals surface area contributed by atoms with E-state index in [4.69, 9.17) is 0 Å². The second kappa shape index (κ2) is 6.93. The summed E-state index contributed by atoms with van der Waals surface area (Å²) in [5.74, 6) is 0.189. The molecule has 0 saturated heterocycles. The van der Waals surface area contributed by atoms with E-state index in [1.807, 2.05) is 0 Å². The maximum atomic E-state index is 12.0. The molecular formula is C12H22N2O2S. The van der Waals surface area contributed by atoms with Crippen LogP contribution in [0.5, 0.6) is 0 Å². The standard InChI is InChI=1S/C12H22N2O2S/c1-3-9-14(10-4-2)17(15,16)11-5-8-13-12-6-7-12/h3-4,12-13H,1-2,5-11H2. The van der Waals surface area contributed by atoms with Crippen LogP contribution in [0.3, 0.4) is 0 Å². The summed E-state index contributed by atoms with van der Waals surface area (Å²) in [5, 5.41) is 3.31.